The number of rotatable bonds is 5. The first-order valence-electron chi connectivity index (χ1n) is 7.77. The number of methoxy groups -OCH3 is 1. The van der Waals surface area contributed by atoms with E-state index in [4.69, 9.17) is 14.2 Å². The van der Waals surface area contributed by atoms with Crippen LogP contribution < -0.4 is 5.32 Å². The van der Waals surface area contributed by atoms with Crippen LogP contribution in [0.15, 0.2) is 0 Å². The summed E-state index contributed by atoms with van der Waals surface area (Å²) in [5.74, 6) is 0. The fourth-order valence-corrected chi connectivity index (χ4v) is 3.85. The van der Waals surface area contributed by atoms with Crippen LogP contribution in [0.1, 0.15) is 44.9 Å². The maximum absolute atomic E-state index is 6.31. The molecule has 0 bridgehead atoms. The van der Waals surface area contributed by atoms with E-state index < -0.39 is 0 Å². The second kappa shape index (κ2) is 5.68. The Balaban J connectivity index is 1.41. The van der Waals surface area contributed by atoms with E-state index in [-0.39, 0.29) is 11.2 Å². The molecule has 1 spiro atoms. The Morgan fingerprint density at radius 3 is 2.74 bits per heavy atom. The van der Waals surface area contributed by atoms with Gasteiger partial charge in [-0.2, -0.15) is 0 Å². The first-order valence-corrected chi connectivity index (χ1v) is 7.77. The van der Waals surface area contributed by atoms with Gasteiger partial charge in [-0.25, -0.2) is 0 Å². The van der Waals surface area contributed by atoms with E-state index in [9.17, 15) is 0 Å². The Morgan fingerprint density at radius 2 is 2.05 bits per heavy atom. The summed E-state index contributed by atoms with van der Waals surface area (Å²) in [5.41, 5.74) is 0.144. The highest BCUT2D eigenvalue weighted by molar-refractivity contribution is 4.94. The average molecular weight is 269 g/mol. The first-order chi connectivity index (χ1) is 9.26. The standard InChI is InChI=1S/C15H27NO3/c1-17-15(8-9-18-12-15)11-16-10-13-4-7-14(19-13)5-2-3-6-14/h13,16H,2-12H2,1H3. The fourth-order valence-electron chi connectivity index (χ4n) is 3.85. The predicted octanol–water partition coefficient (Wildman–Crippen LogP) is 1.87. The van der Waals surface area contributed by atoms with Crippen molar-refractivity contribution in [3.8, 4) is 0 Å². The van der Waals surface area contributed by atoms with Crippen LogP contribution in [0.2, 0.25) is 0 Å². The minimum absolute atomic E-state index is 0.107. The minimum Gasteiger partial charge on any atom is -0.378 e. The van der Waals surface area contributed by atoms with Crippen LogP contribution in [0.25, 0.3) is 0 Å². The van der Waals surface area contributed by atoms with E-state index >= 15 is 0 Å². The molecule has 0 amide bonds. The van der Waals surface area contributed by atoms with E-state index in [1.165, 1.54) is 38.5 Å². The number of ether oxygens (including phenoxy) is 3. The van der Waals surface area contributed by atoms with Crippen molar-refractivity contribution < 1.29 is 14.2 Å². The van der Waals surface area contributed by atoms with Gasteiger partial charge in [0.1, 0.15) is 5.60 Å². The zero-order valence-corrected chi connectivity index (χ0v) is 12.1. The van der Waals surface area contributed by atoms with Gasteiger partial charge in [-0.3, -0.25) is 0 Å². The number of hydrogen-bond donors (Lipinski definition) is 1. The van der Waals surface area contributed by atoms with Gasteiger partial charge in [-0.05, 0) is 25.7 Å². The molecule has 4 heteroatoms. The van der Waals surface area contributed by atoms with Crippen molar-refractivity contribution in [3.63, 3.8) is 0 Å². The number of hydrogen-bond acceptors (Lipinski definition) is 4. The van der Waals surface area contributed by atoms with Crippen LogP contribution in [0.4, 0.5) is 0 Å². The molecule has 3 rings (SSSR count). The van der Waals surface area contributed by atoms with Crippen molar-refractivity contribution in [1.82, 2.24) is 5.32 Å². The summed E-state index contributed by atoms with van der Waals surface area (Å²) in [6, 6.07) is 0. The zero-order valence-electron chi connectivity index (χ0n) is 12.1. The van der Waals surface area contributed by atoms with E-state index in [1.54, 1.807) is 7.11 Å². The van der Waals surface area contributed by atoms with Gasteiger partial charge in [0.25, 0.3) is 0 Å². The van der Waals surface area contributed by atoms with Crippen molar-refractivity contribution in [2.75, 3.05) is 33.4 Å². The summed E-state index contributed by atoms with van der Waals surface area (Å²) >= 11 is 0. The Morgan fingerprint density at radius 1 is 1.21 bits per heavy atom. The molecule has 2 unspecified atom stereocenters. The van der Waals surface area contributed by atoms with Gasteiger partial charge in [0.15, 0.2) is 0 Å². The maximum atomic E-state index is 6.31. The van der Waals surface area contributed by atoms with Gasteiger partial charge >= 0.3 is 0 Å². The third-order valence-corrected chi connectivity index (χ3v) is 5.17. The van der Waals surface area contributed by atoms with E-state index in [2.05, 4.69) is 5.32 Å². The lowest BCUT2D eigenvalue weighted by Crippen LogP contribution is -2.45. The number of nitrogens with one attached hydrogen (secondary N) is 1. The quantitative estimate of drug-likeness (QED) is 0.827. The highest BCUT2D eigenvalue weighted by Crippen LogP contribution is 2.43. The van der Waals surface area contributed by atoms with Gasteiger partial charge in [0.2, 0.25) is 0 Å². The third kappa shape index (κ3) is 2.97. The molecule has 2 heterocycles. The fraction of sp³-hybridized carbons (Fsp3) is 1.00. The van der Waals surface area contributed by atoms with Crippen LogP contribution in [-0.4, -0.2) is 50.7 Å². The molecule has 0 aromatic rings. The van der Waals surface area contributed by atoms with Gasteiger partial charge in [-0.15, -0.1) is 0 Å². The molecule has 1 saturated carbocycles. The molecule has 3 aliphatic rings. The molecule has 4 nitrogen and oxygen atoms in total. The predicted molar refractivity (Wildman–Crippen MR) is 73.4 cm³/mol. The third-order valence-electron chi connectivity index (χ3n) is 5.17. The van der Waals surface area contributed by atoms with E-state index in [1.807, 2.05) is 0 Å². The molecule has 1 N–H and O–H groups in total. The Hall–Kier alpha value is -0.160. The molecule has 19 heavy (non-hydrogen) atoms. The summed E-state index contributed by atoms with van der Waals surface area (Å²) in [4.78, 5) is 0. The van der Waals surface area contributed by atoms with Gasteiger partial charge in [-0.1, -0.05) is 12.8 Å². The molecule has 0 radical (unpaired) electrons. The van der Waals surface area contributed by atoms with Gasteiger partial charge in [0.05, 0.1) is 18.3 Å². The second-order valence-corrected chi connectivity index (χ2v) is 6.49. The van der Waals surface area contributed by atoms with Crippen LogP contribution >= 0.6 is 0 Å². The average Bonchev–Trinajstić information content (AvgIpc) is 3.14. The van der Waals surface area contributed by atoms with Gasteiger partial charge < -0.3 is 19.5 Å². The van der Waals surface area contributed by atoms with Crippen molar-refractivity contribution in [3.05, 3.63) is 0 Å². The molecule has 3 fully saturated rings. The molecular weight excluding hydrogens is 242 g/mol. The molecule has 1 aliphatic carbocycles. The van der Waals surface area contributed by atoms with Crippen LogP contribution in [0.5, 0.6) is 0 Å². The van der Waals surface area contributed by atoms with E-state index in [0.717, 1.165) is 26.1 Å². The summed E-state index contributed by atoms with van der Waals surface area (Å²) in [5, 5.41) is 3.54. The Labute approximate surface area is 116 Å². The Bertz CT molecular complexity index is 296. The smallest absolute Gasteiger partial charge is 0.106 e. The first kappa shape index (κ1) is 13.8. The lowest BCUT2D eigenvalue weighted by molar-refractivity contribution is -0.0421. The lowest BCUT2D eigenvalue weighted by Gasteiger charge is -2.27. The largest absolute Gasteiger partial charge is 0.378 e. The summed E-state index contributed by atoms with van der Waals surface area (Å²) < 4.78 is 17.4. The molecule has 0 aromatic heterocycles. The Kier molecular flexibility index (Phi) is 4.13. The molecular formula is C15H27NO3. The molecule has 0 aromatic carbocycles. The summed E-state index contributed by atoms with van der Waals surface area (Å²) in [6.45, 7) is 3.35. The highest BCUT2D eigenvalue weighted by Gasteiger charge is 2.42. The van der Waals surface area contributed by atoms with E-state index in [0.29, 0.717) is 12.7 Å². The van der Waals surface area contributed by atoms with Crippen LogP contribution in [0.3, 0.4) is 0 Å². The minimum atomic E-state index is -0.107. The van der Waals surface area contributed by atoms with Crippen molar-refractivity contribution >= 4 is 0 Å². The van der Waals surface area contributed by atoms with Crippen molar-refractivity contribution in [2.24, 2.45) is 0 Å². The van der Waals surface area contributed by atoms with Crippen molar-refractivity contribution in [1.29, 1.82) is 0 Å². The summed E-state index contributed by atoms with van der Waals surface area (Å²) in [6.07, 6.45) is 9.12. The van der Waals surface area contributed by atoms with Gasteiger partial charge in [0, 0.05) is 33.2 Å². The van der Waals surface area contributed by atoms with Crippen LogP contribution in [0, 0.1) is 0 Å². The molecule has 2 atom stereocenters. The molecule has 110 valence electrons. The highest BCUT2D eigenvalue weighted by atomic mass is 16.5. The monoisotopic (exact) mass is 269 g/mol. The molecule has 2 aliphatic heterocycles. The van der Waals surface area contributed by atoms with Crippen LogP contribution in [-0.2, 0) is 14.2 Å². The lowest BCUT2D eigenvalue weighted by atomic mass is 9.98. The topological polar surface area (TPSA) is 39.7 Å². The second-order valence-electron chi connectivity index (χ2n) is 6.49. The SMILES string of the molecule is COC1(CNCC2CCC3(CCCC3)O2)CCOC1. The normalized spacial score (nSPS) is 37.4. The summed E-state index contributed by atoms with van der Waals surface area (Å²) in [7, 11) is 1.79. The zero-order chi connectivity index (χ0) is 13.2. The van der Waals surface area contributed by atoms with Crippen molar-refractivity contribution in [2.45, 2.75) is 62.3 Å². The molecule has 2 saturated heterocycles. The maximum Gasteiger partial charge on any atom is 0.106 e.